The molecule has 3 nitrogen and oxygen atoms in total. The molecule has 2 rings (SSSR count). The Hall–Kier alpha value is -0.930. The number of aromatic nitrogens is 1. The Bertz CT molecular complexity index is 399. The molecule has 0 radical (unpaired) electrons. The largest absolute Gasteiger partial charge is 0.311 e. The molecule has 1 aliphatic rings. The van der Waals surface area contributed by atoms with Gasteiger partial charge in [-0.2, -0.15) is 0 Å². The van der Waals surface area contributed by atoms with E-state index in [1.807, 2.05) is 0 Å². The highest BCUT2D eigenvalue weighted by Crippen LogP contribution is 2.28. The molecular formula is C17H29N3. The molecule has 0 aliphatic heterocycles. The van der Waals surface area contributed by atoms with Crippen molar-refractivity contribution in [3.63, 3.8) is 0 Å². The molecule has 0 bridgehead atoms. The van der Waals surface area contributed by atoms with Crippen molar-refractivity contribution < 1.29 is 0 Å². The molecule has 0 atom stereocenters. The van der Waals surface area contributed by atoms with E-state index in [4.69, 9.17) is 4.98 Å². The van der Waals surface area contributed by atoms with Crippen molar-refractivity contribution >= 4 is 0 Å². The van der Waals surface area contributed by atoms with Gasteiger partial charge >= 0.3 is 0 Å². The second-order valence-corrected chi connectivity index (χ2v) is 6.28. The zero-order valence-electron chi connectivity index (χ0n) is 13.2. The summed E-state index contributed by atoms with van der Waals surface area (Å²) in [4.78, 5) is 7.41. The molecule has 0 amide bonds. The van der Waals surface area contributed by atoms with Crippen molar-refractivity contribution in [2.45, 2.75) is 59.2 Å². The van der Waals surface area contributed by atoms with Crippen LogP contribution < -0.4 is 5.32 Å². The van der Waals surface area contributed by atoms with Crippen LogP contribution in [0.3, 0.4) is 0 Å². The third kappa shape index (κ3) is 5.22. The Labute approximate surface area is 123 Å². The van der Waals surface area contributed by atoms with Gasteiger partial charge in [0.25, 0.3) is 0 Å². The monoisotopic (exact) mass is 275 g/mol. The van der Waals surface area contributed by atoms with Gasteiger partial charge in [-0.15, -0.1) is 0 Å². The summed E-state index contributed by atoms with van der Waals surface area (Å²) in [6.45, 7) is 10.8. The number of pyridine rings is 1. The Morgan fingerprint density at radius 2 is 2.05 bits per heavy atom. The highest BCUT2D eigenvalue weighted by molar-refractivity contribution is 5.11. The van der Waals surface area contributed by atoms with Gasteiger partial charge in [0.05, 0.1) is 11.4 Å². The van der Waals surface area contributed by atoms with Crippen molar-refractivity contribution in [3.05, 3.63) is 29.6 Å². The second kappa shape index (κ2) is 7.75. The Kier molecular flexibility index (Phi) is 5.99. The summed E-state index contributed by atoms with van der Waals surface area (Å²) in [5.41, 5.74) is 2.38. The SMILES string of the molecule is CCNCc1cccc(CN(CCC(C)C)C2CC2)n1. The molecule has 0 aromatic carbocycles. The van der Waals surface area contributed by atoms with Crippen LogP contribution in [-0.2, 0) is 13.1 Å². The van der Waals surface area contributed by atoms with Gasteiger partial charge in [-0.05, 0) is 50.4 Å². The minimum absolute atomic E-state index is 0.782. The van der Waals surface area contributed by atoms with Crippen molar-refractivity contribution in [1.29, 1.82) is 0 Å². The number of rotatable bonds is 9. The molecule has 1 aromatic rings. The molecule has 20 heavy (non-hydrogen) atoms. The molecule has 1 aromatic heterocycles. The maximum Gasteiger partial charge on any atom is 0.0547 e. The second-order valence-electron chi connectivity index (χ2n) is 6.28. The lowest BCUT2D eigenvalue weighted by Gasteiger charge is -2.22. The smallest absolute Gasteiger partial charge is 0.0547 e. The molecule has 3 heteroatoms. The van der Waals surface area contributed by atoms with E-state index in [9.17, 15) is 0 Å². The highest BCUT2D eigenvalue weighted by atomic mass is 15.2. The first-order valence-corrected chi connectivity index (χ1v) is 8.08. The zero-order chi connectivity index (χ0) is 14.4. The van der Waals surface area contributed by atoms with E-state index in [-0.39, 0.29) is 0 Å². The lowest BCUT2D eigenvalue weighted by atomic mass is 10.1. The lowest BCUT2D eigenvalue weighted by molar-refractivity contribution is 0.236. The number of hydrogen-bond donors (Lipinski definition) is 1. The van der Waals surface area contributed by atoms with E-state index in [1.165, 1.54) is 31.5 Å². The molecule has 1 heterocycles. The fourth-order valence-corrected chi connectivity index (χ4v) is 2.43. The van der Waals surface area contributed by atoms with Crippen LogP contribution in [0.2, 0.25) is 0 Å². The zero-order valence-corrected chi connectivity index (χ0v) is 13.2. The van der Waals surface area contributed by atoms with Crippen LogP contribution in [-0.4, -0.2) is 29.0 Å². The summed E-state index contributed by atoms with van der Waals surface area (Å²) in [5.74, 6) is 0.782. The van der Waals surface area contributed by atoms with Gasteiger partial charge in [0.2, 0.25) is 0 Å². The van der Waals surface area contributed by atoms with Gasteiger partial charge in [0.15, 0.2) is 0 Å². The minimum atomic E-state index is 0.782. The van der Waals surface area contributed by atoms with E-state index in [0.29, 0.717) is 0 Å². The Balaban J connectivity index is 1.91. The summed E-state index contributed by atoms with van der Waals surface area (Å²) in [5, 5.41) is 3.34. The average molecular weight is 275 g/mol. The average Bonchev–Trinajstić information content (AvgIpc) is 3.26. The maximum atomic E-state index is 4.78. The summed E-state index contributed by atoms with van der Waals surface area (Å²) >= 11 is 0. The summed E-state index contributed by atoms with van der Waals surface area (Å²) in [6.07, 6.45) is 4.03. The van der Waals surface area contributed by atoms with Crippen LogP contribution in [0.15, 0.2) is 18.2 Å². The first-order valence-electron chi connectivity index (χ1n) is 8.08. The lowest BCUT2D eigenvalue weighted by Crippen LogP contribution is -2.28. The van der Waals surface area contributed by atoms with E-state index < -0.39 is 0 Å². The van der Waals surface area contributed by atoms with Crippen molar-refractivity contribution in [3.8, 4) is 0 Å². The summed E-state index contributed by atoms with van der Waals surface area (Å²) in [6, 6.07) is 7.23. The van der Waals surface area contributed by atoms with E-state index in [1.54, 1.807) is 0 Å². The van der Waals surface area contributed by atoms with Gasteiger partial charge in [0.1, 0.15) is 0 Å². The molecule has 112 valence electrons. The summed E-state index contributed by atoms with van der Waals surface area (Å²) < 4.78 is 0. The van der Waals surface area contributed by atoms with Crippen LogP contribution in [0.5, 0.6) is 0 Å². The molecule has 0 saturated heterocycles. The minimum Gasteiger partial charge on any atom is -0.311 e. The fourth-order valence-electron chi connectivity index (χ4n) is 2.43. The first kappa shape index (κ1) is 15.5. The van der Waals surface area contributed by atoms with Gasteiger partial charge in [0, 0.05) is 19.1 Å². The van der Waals surface area contributed by atoms with Gasteiger partial charge in [-0.1, -0.05) is 26.8 Å². The molecule has 1 N–H and O–H groups in total. The van der Waals surface area contributed by atoms with Crippen LogP contribution >= 0.6 is 0 Å². The van der Waals surface area contributed by atoms with Crippen molar-refractivity contribution in [2.24, 2.45) is 5.92 Å². The molecule has 0 spiro atoms. The van der Waals surface area contributed by atoms with E-state index >= 15 is 0 Å². The topological polar surface area (TPSA) is 28.2 Å². The number of nitrogens with one attached hydrogen (secondary N) is 1. The third-order valence-corrected chi connectivity index (χ3v) is 3.84. The van der Waals surface area contributed by atoms with Crippen LogP contribution in [0.25, 0.3) is 0 Å². The van der Waals surface area contributed by atoms with Crippen LogP contribution in [0, 0.1) is 5.92 Å². The maximum absolute atomic E-state index is 4.78. The first-order chi connectivity index (χ1) is 9.69. The fraction of sp³-hybridized carbons (Fsp3) is 0.706. The molecule has 1 fully saturated rings. The molecule has 0 unspecified atom stereocenters. The van der Waals surface area contributed by atoms with Crippen LogP contribution in [0.1, 0.15) is 51.4 Å². The van der Waals surface area contributed by atoms with Crippen molar-refractivity contribution in [1.82, 2.24) is 15.2 Å². The van der Waals surface area contributed by atoms with Crippen LogP contribution in [0.4, 0.5) is 0 Å². The van der Waals surface area contributed by atoms with Gasteiger partial charge < -0.3 is 5.32 Å². The Morgan fingerprint density at radius 3 is 2.70 bits per heavy atom. The Morgan fingerprint density at radius 1 is 1.30 bits per heavy atom. The molecule has 1 aliphatic carbocycles. The standard InChI is InChI=1S/C17H29N3/c1-4-18-12-15-6-5-7-16(19-15)13-20(17-8-9-17)11-10-14(2)3/h5-7,14,17-18H,4,8-13H2,1-3H3. The molecular weight excluding hydrogens is 246 g/mol. The quantitative estimate of drug-likeness (QED) is 0.750. The van der Waals surface area contributed by atoms with E-state index in [0.717, 1.165) is 37.3 Å². The number of nitrogens with zero attached hydrogens (tertiary/aromatic N) is 2. The van der Waals surface area contributed by atoms with Crippen molar-refractivity contribution in [2.75, 3.05) is 13.1 Å². The normalized spacial score (nSPS) is 15.2. The predicted octanol–water partition coefficient (Wildman–Crippen LogP) is 3.20. The predicted molar refractivity (Wildman–Crippen MR) is 84.5 cm³/mol. The summed E-state index contributed by atoms with van der Waals surface area (Å²) in [7, 11) is 0. The van der Waals surface area contributed by atoms with Gasteiger partial charge in [-0.25, -0.2) is 0 Å². The third-order valence-electron chi connectivity index (χ3n) is 3.84. The van der Waals surface area contributed by atoms with Gasteiger partial charge in [-0.3, -0.25) is 9.88 Å². The number of hydrogen-bond acceptors (Lipinski definition) is 3. The van der Waals surface area contributed by atoms with E-state index in [2.05, 4.69) is 49.2 Å². The highest BCUT2D eigenvalue weighted by Gasteiger charge is 2.28. The molecule has 1 saturated carbocycles.